The summed E-state index contributed by atoms with van der Waals surface area (Å²) in [6.07, 6.45) is 16.5. The molecule has 284 valence electrons. The lowest BCUT2D eigenvalue weighted by Crippen LogP contribution is -2.28. The van der Waals surface area contributed by atoms with Gasteiger partial charge in [0.2, 0.25) is 5.69 Å². The molecule has 3 aromatic rings. The quantitative estimate of drug-likeness (QED) is 0.0689. The predicted molar refractivity (Wildman–Crippen MR) is 226 cm³/mol. The van der Waals surface area contributed by atoms with Crippen molar-refractivity contribution in [2.75, 3.05) is 23.7 Å². The van der Waals surface area contributed by atoms with Crippen LogP contribution in [0.4, 0.5) is 11.4 Å². The van der Waals surface area contributed by atoms with E-state index in [1.54, 1.807) is 0 Å². The number of fused-ring (bicyclic) bond motifs is 2. The Morgan fingerprint density at radius 1 is 0.887 bits per heavy atom. The van der Waals surface area contributed by atoms with Crippen molar-refractivity contribution in [2.45, 2.75) is 118 Å². The fraction of sp³-hybridized carbons (Fsp3) is 0.468. The van der Waals surface area contributed by atoms with Gasteiger partial charge in [-0.25, -0.2) is 0 Å². The van der Waals surface area contributed by atoms with E-state index in [1.165, 1.54) is 64.0 Å². The molecule has 0 saturated heterocycles. The number of anilines is 1. The number of benzene rings is 3. The minimum absolute atomic E-state index is 0.149. The summed E-state index contributed by atoms with van der Waals surface area (Å²) in [4.78, 5) is 2.53. The molecule has 5 rings (SSSR count). The number of aryl methyl sites for hydroxylation is 3. The normalized spacial score (nSPS) is 17.5. The summed E-state index contributed by atoms with van der Waals surface area (Å²) in [6, 6.07) is 22.5. The first kappa shape index (κ1) is 40.4. The highest BCUT2D eigenvalue weighted by Gasteiger charge is 2.44. The van der Waals surface area contributed by atoms with E-state index in [-0.39, 0.29) is 16.6 Å². The van der Waals surface area contributed by atoms with Gasteiger partial charge in [-0.1, -0.05) is 114 Å². The lowest BCUT2D eigenvalue weighted by Gasteiger charge is -2.27. The Kier molecular flexibility index (Phi) is 12.8. The molecule has 2 aliphatic rings. The van der Waals surface area contributed by atoms with E-state index < -0.39 is 10.1 Å². The van der Waals surface area contributed by atoms with Crippen molar-refractivity contribution < 1.29 is 17.5 Å². The maximum absolute atomic E-state index is 11.7. The van der Waals surface area contributed by atoms with Crippen LogP contribution < -0.4 is 4.90 Å². The zero-order chi connectivity index (χ0) is 38.6. The Morgan fingerprint density at radius 2 is 1.60 bits per heavy atom. The largest absolute Gasteiger partial charge is 0.344 e. The van der Waals surface area contributed by atoms with Crippen LogP contribution in [0.5, 0.6) is 0 Å². The fourth-order valence-corrected chi connectivity index (χ4v) is 8.65. The molecule has 0 aliphatic carbocycles. The molecule has 0 bridgehead atoms. The number of hydrogen-bond acceptors (Lipinski definition) is 3. The fourth-order valence-electron chi connectivity index (χ4n) is 8.16. The third-order valence-electron chi connectivity index (χ3n) is 11.2. The van der Waals surface area contributed by atoms with Gasteiger partial charge in [-0.3, -0.25) is 4.55 Å². The first-order chi connectivity index (χ1) is 25.0. The van der Waals surface area contributed by atoms with Gasteiger partial charge in [-0.15, -0.1) is 0 Å². The van der Waals surface area contributed by atoms with Gasteiger partial charge in [0, 0.05) is 47.5 Å². The molecule has 6 heteroatoms. The molecule has 0 saturated carbocycles. The molecule has 0 fully saturated rings. The van der Waals surface area contributed by atoms with Crippen LogP contribution in [0.15, 0.2) is 90.7 Å². The average Bonchev–Trinajstić information content (AvgIpc) is 3.42. The van der Waals surface area contributed by atoms with Crippen LogP contribution in [0.1, 0.15) is 120 Å². The van der Waals surface area contributed by atoms with Crippen molar-refractivity contribution >= 4 is 32.8 Å². The number of allylic oxidation sites excluding steroid dienone is 6. The molecular formula is C47H63N2O3S+. The molecule has 0 aromatic heterocycles. The van der Waals surface area contributed by atoms with Crippen molar-refractivity contribution in [3.8, 4) is 0 Å². The van der Waals surface area contributed by atoms with Crippen LogP contribution in [0.2, 0.25) is 0 Å². The van der Waals surface area contributed by atoms with Crippen molar-refractivity contribution in [1.29, 1.82) is 0 Å². The molecule has 3 aromatic carbocycles. The third-order valence-corrected chi connectivity index (χ3v) is 12.0. The first-order valence-corrected chi connectivity index (χ1v) is 21.4. The lowest BCUT2D eigenvalue weighted by molar-refractivity contribution is -0.437. The van der Waals surface area contributed by atoms with Gasteiger partial charge in [0.15, 0.2) is 5.71 Å². The van der Waals surface area contributed by atoms with E-state index in [9.17, 15) is 13.0 Å². The number of hydrogen-bond donors (Lipinski definition) is 1. The van der Waals surface area contributed by atoms with E-state index in [0.717, 1.165) is 48.7 Å². The standard InChI is InChI=1S/C47H62N2O3S/c1-10-11-28-48-42-24-20-35(4)31-40(42)46(6,7)44(48)26-22-38(39-19-14-18-37(33-39)17-13-12-16-34(2)3)23-27-45-47(8,9)41-32-36(5)21-25-43(41)49(45)29-15-30-53(50,51)52/h14,18-27,31-34H,10-13,15-17,28-30H2,1-9H3/p+1. The Bertz CT molecular complexity index is 2030. The maximum atomic E-state index is 11.7. The highest BCUT2D eigenvalue weighted by molar-refractivity contribution is 7.85. The molecule has 2 heterocycles. The monoisotopic (exact) mass is 735 g/mol. The smallest absolute Gasteiger partial charge is 0.265 e. The first-order valence-electron chi connectivity index (χ1n) is 19.8. The predicted octanol–water partition coefficient (Wildman–Crippen LogP) is 11.4. The van der Waals surface area contributed by atoms with Crippen LogP contribution in [0, 0.1) is 19.8 Å². The second kappa shape index (κ2) is 16.7. The van der Waals surface area contributed by atoms with Gasteiger partial charge in [-0.05, 0) is 99.4 Å². The molecular weight excluding hydrogens is 673 g/mol. The van der Waals surface area contributed by atoms with Crippen molar-refractivity contribution in [2.24, 2.45) is 5.92 Å². The number of unbranched alkanes of at least 4 members (excludes halogenated alkanes) is 2. The van der Waals surface area contributed by atoms with Gasteiger partial charge in [0.25, 0.3) is 10.1 Å². The van der Waals surface area contributed by atoms with Gasteiger partial charge >= 0.3 is 0 Å². The van der Waals surface area contributed by atoms with Crippen LogP contribution in [-0.2, 0) is 27.4 Å². The Hall–Kier alpha value is -3.74. The molecule has 0 radical (unpaired) electrons. The second-order valence-electron chi connectivity index (χ2n) is 16.8. The molecule has 2 aliphatic heterocycles. The van der Waals surface area contributed by atoms with Crippen LogP contribution in [-0.4, -0.2) is 42.1 Å². The number of nitrogens with zero attached hydrogens (tertiary/aromatic N) is 2. The molecule has 1 N–H and O–H groups in total. The molecule has 5 nitrogen and oxygen atoms in total. The van der Waals surface area contributed by atoms with E-state index in [0.29, 0.717) is 13.0 Å². The van der Waals surface area contributed by atoms with Gasteiger partial charge in [0.05, 0.1) is 11.2 Å². The molecule has 0 spiro atoms. The molecule has 53 heavy (non-hydrogen) atoms. The van der Waals surface area contributed by atoms with Crippen molar-refractivity contribution in [3.63, 3.8) is 0 Å². The summed E-state index contributed by atoms with van der Waals surface area (Å²) in [6.45, 7) is 21.8. The van der Waals surface area contributed by atoms with E-state index >= 15 is 0 Å². The highest BCUT2D eigenvalue weighted by Crippen LogP contribution is 2.48. The van der Waals surface area contributed by atoms with E-state index in [1.807, 2.05) is 0 Å². The Labute approximate surface area is 321 Å². The van der Waals surface area contributed by atoms with Crippen molar-refractivity contribution in [1.82, 2.24) is 0 Å². The summed E-state index contributed by atoms with van der Waals surface area (Å²) >= 11 is 0. The summed E-state index contributed by atoms with van der Waals surface area (Å²) in [5, 5.41) is 0. The third kappa shape index (κ3) is 9.50. The summed E-state index contributed by atoms with van der Waals surface area (Å²) in [5.74, 6) is 0.456. The average molecular weight is 736 g/mol. The van der Waals surface area contributed by atoms with Gasteiger partial charge < -0.3 is 4.90 Å². The van der Waals surface area contributed by atoms with Crippen molar-refractivity contribution in [3.05, 3.63) is 124 Å². The Balaban J connectivity index is 1.62. The second-order valence-corrected chi connectivity index (χ2v) is 18.4. The summed E-state index contributed by atoms with van der Waals surface area (Å²) in [5.41, 5.74) is 13.1. The minimum atomic E-state index is -4.06. The minimum Gasteiger partial charge on any atom is -0.344 e. The SMILES string of the molecule is CCCCN1C(=CC=C(C=CC2=[N+](CCCS(=O)(=O)O)c3ccc(C)cc3C2(C)C)c2cccc(CCCCC(C)C)c2)C(C)(C)c2cc(C)ccc21. The molecule has 0 unspecified atom stereocenters. The van der Waals surface area contributed by atoms with Gasteiger partial charge in [-0.2, -0.15) is 13.0 Å². The topological polar surface area (TPSA) is 60.6 Å². The van der Waals surface area contributed by atoms with Crippen LogP contribution in [0.25, 0.3) is 5.57 Å². The zero-order valence-corrected chi connectivity index (χ0v) is 34.6. The molecule has 0 atom stereocenters. The summed E-state index contributed by atoms with van der Waals surface area (Å²) in [7, 11) is -4.06. The summed E-state index contributed by atoms with van der Waals surface area (Å²) < 4.78 is 35.2. The molecule has 0 amide bonds. The Morgan fingerprint density at radius 3 is 2.30 bits per heavy atom. The highest BCUT2D eigenvalue weighted by atomic mass is 32.2. The van der Waals surface area contributed by atoms with E-state index in [4.69, 9.17) is 0 Å². The van der Waals surface area contributed by atoms with Gasteiger partial charge in [0.1, 0.15) is 6.54 Å². The van der Waals surface area contributed by atoms with E-state index in [2.05, 4.69) is 157 Å². The lowest BCUT2D eigenvalue weighted by atomic mass is 9.80. The maximum Gasteiger partial charge on any atom is 0.265 e. The van der Waals surface area contributed by atoms with Crippen LogP contribution >= 0.6 is 0 Å². The zero-order valence-electron chi connectivity index (χ0n) is 33.8. The van der Waals surface area contributed by atoms with Crippen LogP contribution in [0.3, 0.4) is 0 Å². The number of rotatable bonds is 16.